The van der Waals surface area contributed by atoms with Crippen molar-refractivity contribution in [2.45, 2.75) is 52.1 Å². The largest absolute Gasteiger partial charge is 0.378 e. The molecule has 0 radical (unpaired) electrons. The van der Waals surface area contributed by atoms with Crippen molar-refractivity contribution in [3.05, 3.63) is 21.6 Å². The molecule has 0 amide bonds. The molecule has 16 heavy (non-hydrogen) atoms. The van der Waals surface area contributed by atoms with E-state index in [1.54, 1.807) is 7.11 Å². The molecular formula is C12H22N2O2. The highest BCUT2D eigenvalue weighted by atomic mass is 16.5. The summed E-state index contributed by atoms with van der Waals surface area (Å²) in [4.78, 5) is 11.5. The Morgan fingerprint density at radius 3 is 2.56 bits per heavy atom. The molecule has 0 atom stereocenters. The molecule has 2 N–H and O–H groups in total. The van der Waals surface area contributed by atoms with Crippen molar-refractivity contribution in [2.75, 3.05) is 7.11 Å². The Bertz CT molecular complexity index is 341. The molecular weight excluding hydrogens is 204 g/mol. The van der Waals surface area contributed by atoms with Crippen LogP contribution < -0.4 is 5.56 Å². The van der Waals surface area contributed by atoms with Gasteiger partial charge in [-0.25, -0.2) is 0 Å². The van der Waals surface area contributed by atoms with Crippen LogP contribution in [0.4, 0.5) is 0 Å². The monoisotopic (exact) mass is 226 g/mol. The predicted molar refractivity (Wildman–Crippen MR) is 64.6 cm³/mol. The van der Waals surface area contributed by atoms with Crippen LogP contribution >= 0.6 is 0 Å². The molecule has 1 rings (SSSR count). The van der Waals surface area contributed by atoms with E-state index in [-0.39, 0.29) is 5.56 Å². The maximum atomic E-state index is 11.5. The molecule has 0 aliphatic carbocycles. The second-order valence-electron chi connectivity index (χ2n) is 4.13. The lowest BCUT2D eigenvalue weighted by Crippen LogP contribution is -2.07. The SMILES string of the molecule is CCCCCCCc1c(COC)[nH][nH]c1=O. The highest BCUT2D eigenvalue weighted by Gasteiger charge is 2.08. The average Bonchev–Trinajstić information content (AvgIpc) is 2.61. The van der Waals surface area contributed by atoms with E-state index in [0.29, 0.717) is 6.61 Å². The summed E-state index contributed by atoms with van der Waals surface area (Å²) < 4.78 is 5.04. The minimum Gasteiger partial charge on any atom is -0.378 e. The molecule has 1 aromatic heterocycles. The summed E-state index contributed by atoms with van der Waals surface area (Å²) in [5, 5.41) is 5.48. The van der Waals surface area contributed by atoms with Crippen molar-refractivity contribution in [1.29, 1.82) is 0 Å². The van der Waals surface area contributed by atoms with Crippen LogP contribution in [0.25, 0.3) is 0 Å². The fourth-order valence-electron chi connectivity index (χ4n) is 1.86. The number of nitrogens with one attached hydrogen (secondary N) is 2. The fourth-order valence-corrected chi connectivity index (χ4v) is 1.86. The molecule has 0 aliphatic heterocycles. The van der Waals surface area contributed by atoms with E-state index >= 15 is 0 Å². The summed E-state index contributed by atoms with van der Waals surface area (Å²) in [5.74, 6) is 0. The van der Waals surface area contributed by atoms with Crippen molar-refractivity contribution >= 4 is 0 Å². The van der Waals surface area contributed by atoms with E-state index in [2.05, 4.69) is 17.1 Å². The van der Waals surface area contributed by atoms with Crippen molar-refractivity contribution in [3.63, 3.8) is 0 Å². The number of aromatic amines is 2. The number of H-pyrrole nitrogens is 2. The van der Waals surface area contributed by atoms with Gasteiger partial charge in [0.1, 0.15) is 0 Å². The van der Waals surface area contributed by atoms with Crippen molar-refractivity contribution < 1.29 is 4.74 Å². The summed E-state index contributed by atoms with van der Waals surface area (Å²) in [5.41, 5.74) is 1.75. The number of ether oxygens (including phenoxy) is 1. The van der Waals surface area contributed by atoms with E-state index in [9.17, 15) is 4.79 Å². The second-order valence-corrected chi connectivity index (χ2v) is 4.13. The lowest BCUT2D eigenvalue weighted by Gasteiger charge is -2.01. The molecule has 0 aliphatic rings. The summed E-state index contributed by atoms with van der Waals surface area (Å²) >= 11 is 0. The van der Waals surface area contributed by atoms with Crippen LogP contribution in [0, 0.1) is 0 Å². The minimum atomic E-state index is 0.00235. The number of rotatable bonds is 8. The van der Waals surface area contributed by atoms with E-state index in [1.807, 2.05) is 0 Å². The summed E-state index contributed by atoms with van der Waals surface area (Å²) in [6.45, 7) is 2.68. The Labute approximate surface area is 96.4 Å². The minimum absolute atomic E-state index is 0.00235. The van der Waals surface area contributed by atoms with Gasteiger partial charge in [-0.1, -0.05) is 32.6 Å². The standard InChI is InChI=1S/C12H22N2O2/c1-3-4-5-6-7-8-10-11(9-16-2)13-14-12(10)15/h3-9H2,1-2H3,(H2,13,14,15). The molecule has 0 aromatic carbocycles. The summed E-state index contributed by atoms with van der Waals surface area (Å²) in [6.07, 6.45) is 6.93. The Kier molecular flexibility index (Phi) is 5.93. The topological polar surface area (TPSA) is 57.9 Å². The van der Waals surface area contributed by atoms with E-state index in [1.165, 1.54) is 25.7 Å². The number of hydrogen-bond donors (Lipinski definition) is 2. The molecule has 4 nitrogen and oxygen atoms in total. The van der Waals surface area contributed by atoms with Gasteiger partial charge < -0.3 is 4.74 Å². The summed E-state index contributed by atoms with van der Waals surface area (Å²) in [7, 11) is 1.64. The van der Waals surface area contributed by atoms with E-state index in [0.717, 1.165) is 24.1 Å². The molecule has 0 saturated carbocycles. The Morgan fingerprint density at radius 1 is 1.12 bits per heavy atom. The molecule has 4 heteroatoms. The van der Waals surface area contributed by atoms with Crippen LogP contribution in [0.2, 0.25) is 0 Å². The van der Waals surface area contributed by atoms with Crippen LogP contribution in [0.15, 0.2) is 4.79 Å². The normalized spacial score (nSPS) is 10.9. The molecule has 0 unspecified atom stereocenters. The Balaban J connectivity index is 2.40. The van der Waals surface area contributed by atoms with Crippen LogP contribution in [-0.4, -0.2) is 17.3 Å². The van der Waals surface area contributed by atoms with Gasteiger partial charge in [0.25, 0.3) is 5.56 Å². The molecule has 1 heterocycles. The first-order chi connectivity index (χ1) is 7.79. The molecule has 0 saturated heterocycles. The predicted octanol–water partition coefficient (Wildman–Crippen LogP) is 2.36. The van der Waals surface area contributed by atoms with Crippen LogP contribution in [0.1, 0.15) is 50.3 Å². The number of aromatic nitrogens is 2. The van der Waals surface area contributed by atoms with Crippen molar-refractivity contribution in [3.8, 4) is 0 Å². The first kappa shape index (κ1) is 13.0. The number of methoxy groups -OCH3 is 1. The maximum Gasteiger partial charge on any atom is 0.267 e. The molecule has 0 fully saturated rings. The number of unbranched alkanes of at least 4 members (excludes halogenated alkanes) is 4. The van der Waals surface area contributed by atoms with Gasteiger partial charge in [0.05, 0.1) is 12.3 Å². The van der Waals surface area contributed by atoms with Gasteiger partial charge in [0.2, 0.25) is 0 Å². The zero-order chi connectivity index (χ0) is 11.8. The highest BCUT2D eigenvalue weighted by Crippen LogP contribution is 2.09. The smallest absolute Gasteiger partial charge is 0.267 e. The third-order valence-electron chi connectivity index (χ3n) is 2.78. The van der Waals surface area contributed by atoms with Gasteiger partial charge in [-0.05, 0) is 12.8 Å². The average molecular weight is 226 g/mol. The highest BCUT2D eigenvalue weighted by molar-refractivity contribution is 5.15. The maximum absolute atomic E-state index is 11.5. The van der Waals surface area contributed by atoms with Crippen LogP contribution in [0.5, 0.6) is 0 Å². The van der Waals surface area contributed by atoms with E-state index < -0.39 is 0 Å². The van der Waals surface area contributed by atoms with Gasteiger partial charge in [0, 0.05) is 12.7 Å². The van der Waals surface area contributed by atoms with Gasteiger partial charge >= 0.3 is 0 Å². The van der Waals surface area contributed by atoms with Gasteiger partial charge in [-0.3, -0.25) is 15.0 Å². The zero-order valence-corrected chi connectivity index (χ0v) is 10.3. The third kappa shape index (κ3) is 3.85. The third-order valence-corrected chi connectivity index (χ3v) is 2.78. The first-order valence-corrected chi connectivity index (χ1v) is 6.07. The van der Waals surface area contributed by atoms with Crippen LogP contribution in [-0.2, 0) is 17.8 Å². The van der Waals surface area contributed by atoms with Gasteiger partial charge in [0.15, 0.2) is 0 Å². The van der Waals surface area contributed by atoms with Crippen molar-refractivity contribution in [2.24, 2.45) is 0 Å². The van der Waals surface area contributed by atoms with Gasteiger partial charge in [-0.15, -0.1) is 0 Å². The van der Waals surface area contributed by atoms with Crippen molar-refractivity contribution in [1.82, 2.24) is 10.2 Å². The molecule has 0 bridgehead atoms. The van der Waals surface area contributed by atoms with Gasteiger partial charge in [-0.2, -0.15) is 0 Å². The van der Waals surface area contributed by atoms with Crippen LogP contribution in [0.3, 0.4) is 0 Å². The second kappa shape index (κ2) is 7.28. The lowest BCUT2D eigenvalue weighted by atomic mass is 10.1. The first-order valence-electron chi connectivity index (χ1n) is 6.07. The summed E-state index contributed by atoms with van der Waals surface area (Å²) in [6, 6.07) is 0. The molecule has 92 valence electrons. The molecule has 1 aromatic rings. The zero-order valence-electron chi connectivity index (χ0n) is 10.3. The Morgan fingerprint density at radius 2 is 1.88 bits per heavy atom. The lowest BCUT2D eigenvalue weighted by molar-refractivity contribution is 0.180. The quantitative estimate of drug-likeness (QED) is 0.668. The number of hydrogen-bond acceptors (Lipinski definition) is 2. The molecule has 0 spiro atoms. The van der Waals surface area contributed by atoms with E-state index in [4.69, 9.17) is 4.74 Å². The Hall–Kier alpha value is -1.03. The fraction of sp³-hybridized carbons (Fsp3) is 0.750.